The molecule has 1 aliphatic heterocycles. The largest absolute Gasteiger partial charge is 0.481 e. The Balaban J connectivity index is 1.63. The molecule has 7 nitrogen and oxygen atoms in total. The highest BCUT2D eigenvalue weighted by Crippen LogP contribution is 2.29. The van der Waals surface area contributed by atoms with Crippen molar-refractivity contribution in [3.63, 3.8) is 0 Å². The van der Waals surface area contributed by atoms with E-state index < -0.39 is 23.6 Å². The summed E-state index contributed by atoms with van der Waals surface area (Å²) in [5.74, 6) is -1.68. The zero-order chi connectivity index (χ0) is 22.9. The van der Waals surface area contributed by atoms with Crippen molar-refractivity contribution < 1.29 is 29.0 Å². The van der Waals surface area contributed by atoms with Crippen molar-refractivity contribution in [2.45, 2.75) is 71.5 Å². The number of likely N-dealkylation sites (tertiary alicyclic amines) is 1. The number of carbonyl (C=O) groups excluding carboxylic acids is 2. The third kappa shape index (κ3) is 8.99. The molecule has 0 saturated carbocycles. The van der Waals surface area contributed by atoms with Crippen molar-refractivity contribution >= 4 is 18.0 Å². The summed E-state index contributed by atoms with van der Waals surface area (Å²) in [5, 5.41) is 9.52. The number of nitrogens with zero attached hydrogens (tertiary/aromatic N) is 1. The van der Waals surface area contributed by atoms with Gasteiger partial charge in [-0.15, -0.1) is 0 Å². The van der Waals surface area contributed by atoms with Crippen LogP contribution < -0.4 is 0 Å². The van der Waals surface area contributed by atoms with Gasteiger partial charge in [0, 0.05) is 19.5 Å². The van der Waals surface area contributed by atoms with Crippen LogP contribution in [0.15, 0.2) is 30.3 Å². The molecule has 1 fully saturated rings. The van der Waals surface area contributed by atoms with Gasteiger partial charge in [-0.1, -0.05) is 49.6 Å². The molecule has 0 aromatic heterocycles. The Hall–Kier alpha value is -2.57. The average Bonchev–Trinajstić information content (AvgIpc) is 3.13. The van der Waals surface area contributed by atoms with Crippen molar-refractivity contribution in [3.05, 3.63) is 35.9 Å². The Morgan fingerprint density at radius 1 is 1.03 bits per heavy atom. The summed E-state index contributed by atoms with van der Waals surface area (Å²) in [6, 6.07) is 9.59. The number of rotatable bonds is 10. The van der Waals surface area contributed by atoms with E-state index >= 15 is 0 Å². The third-order valence-corrected chi connectivity index (χ3v) is 5.36. The van der Waals surface area contributed by atoms with Crippen molar-refractivity contribution in [3.8, 4) is 0 Å². The quantitative estimate of drug-likeness (QED) is 0.427. The number of ether oxygens (including phenoxy) is 2. The molecule has 31 heavy (non-hydrogen) atoms. The van der Waals surface area contributed by atoms with Gasteiger partial charge in [-0.3, -0.25) is 9.59 Å². The van der Waals surface area contributed by atoms with Gasteiger partial charge in [0.15, 0.2) is 0 Å². The molecule has 2 unspecified atom stereocenters. The smallest absolute Gasteiger partial charge is 0.410 e. The van der Waals surface area contributed by atoms with Crippen LogP contribution in [0.3, 0.4) is 0 Å². The maximum absolute atomic E-state index is 12.3. The Morgan fingerprint density at radius 2 is 1.71 bits per heavy atom. The van der Waals surface area contributed by atoms with E-state index in [1.807, 2.05) is 30.3 Å². The summed E-state index contributed by atoms with van der Waals surface area (Å²) in [4.78, 5) is 37.2. The molecule has 0 radical (unpaired) electrons. The third-order valence-electron chi connectivity index (χ3n) is 5.36. The van der Waals surface area contributed by atoms with Crippen LogP contribution in [0.5, 0.6) is 0 Å². The first-order valence-corrected chi connectivity index (χ1v) is 11.1. The second kappa shape index (κ2) is 11.7. The van der Waals surface area contributed by atoms with E-state index in [1.54, 1.807) is 20.8 Å². The predicted octanol–water partition coefficient (Wildman–Crippen LogP) is 4.64. The topological polar surface area (TPSA) is 93.1 Å². The first kappa shape index (κ1) is 24.7. The highest BCUT2D eigenvalue weighted by Gasteiger charge is 2.40. The minimum atomic E-state index is -0.864. The molecule has 7 heteroatoms. The summed E-state index contributed by atoms with van der Waals surface area (Å²) < 4.78 is 10.6. The second-order valence-electron chi connectivity index (χ2n) is 9.19. The molecule has 2 atom stereocenters. The molecule has 0 bridgehead atoms. The van der Waals surface area contributed by atoms with Crippen molar-refractivity contribution in [1.29, 1.82) is 0 Å². The predicted molar refractivity (Wildman–Crippen MR) is 116 cm³/mol. The summed E-state index contributed by atoms with van der Waals surface area (Å²) in [5.41, 5.74) is 0.372. The molecule has 0 spiro atoms. The van der Waals surface area contributed by atoms with Gasteiger partial charge >= 0.3 is 18.0 Å². The Bertz CT molecular complexity index is 727. The lowest BCUT2D eigenvalue weighted by Gasteiger charge is -2.24. The van der Waals surface area contributed by atoms with E-state index in [1.165, 1.54) is 4.90 Å². The highest BCUT2D eigenvalue weighted by molar-refractivity contribution is 5.74. The van der Waals surface area contributed by atoms with E-state index in [0.29, 0.717) is 19.6 Å². The van der Waals surface area contributed by atoms with Gasteiger partial charge in [0.1, 0.15) is 12.2 Å². The van der Waals surface area contributed by atoms with Gasteiger partial charge in [0.2, 0.25) is 0 Å². The normalized spacial score (nSPS) is 18.6. The number of aliphatic carboxylic acids is 1. The van der Waals surface area contributed by atoms with E-state index in [9.17, 15) is 19.5 Å². The number of hydrogen-bond acceptors (Lipinski definition) is 5. The number of unbranched alkanes of at least 4 members (excludes halogenated alkanes) is 3. The molecule has 1 N–H and O–H groups in total. The summed E-state index contributed by atoms with van der Waals surface area (Å²) in [6.07, 6.45) is 4.12. The van der Waals surface area contributed by atoms with Crippen LogP contribution in [-0.4, -0.2) is 46.7 Å². The Kier molecular flexibility index (Phi) is 9.34. The fourth-order valence-corrected chi connectivity index (χ4v) is 3.76. The molecule has 2 rings (SSSR count). The van der Waals surface area contributed by atoms with Crippen LogP contribution in [-0.2, 0) is 25.7 Å². The van der Waals surface area contributed by atoms with Crippen LogP contribution in [0.1, 0.15) is 64.9 Å². The van der Waals surface area contributed by atoms with E-state index in [2.05, 4.69) is 0 Å². The summed E-state index contributed by atoms with van der Waals surface area (Å²) in [6.45, 7) is 6.30. The first-order chi connectivity index (χ1) is 14.7. The standard InChI is InChI=1S/C24H35NO6/c1-24(2,3)31-23(29)25-15-19(20(16-25)22(27)28)13-9-4-5-10-14-21(26)30-17-18-11-7-6-8-12-18/h6-8,11-12,19-20H,4-5,9-10,13-17H2,1-3H3,(H,27,28). The number of amides is 1. The molecular formula is C24H35NO6. The van der Waals surface area contributed by atoms with E-state index in [0.717, 1.165) is 37.7 Å². The lowest BCUT2D eigenvalue weighted by molar-refractivity contribution is -0.145. The van der Waals surface area contributed by atoms with Gasteiger partial charge in [-0.05, 0) is 45.1 Å². The minimum Gasteiger partial charge on any atom is -0.481 e. The number of carboxylic acid groups (broad SMARTS) is 1. The van der Waals surface area contributed by atoms with Gasteiger partial charge in [0.05, 0.1) is 5.92 Å². The molecule has 0 aliphatic carbocycles. The average molecular weight is 434 g/mol. The monoisotopic (exact) mass is 433 g/mol. The molecule has 1 aliphatic rings. The Morgan fingerprint density at radius 3 is 2.35 bits per heavy atom. The lowest BCUT2D eigenvalue weighted by atomic mass is 9.90. The summed E-state index contributed by atoms with van der Waals surface area (Å²) in [7, 11) is 0. The molecule has 1 amide bonds. The molecule has 1 aromatic carbocycles. The number of esters is 1. The van der Waals surface area contributed by atoms with Crippen molar-refractivity contribution in [1.82, 2.24) is 4.90 Å². The van der Waals surface area contributed by atoms with Crippen LogP contribution in [0.2, 0.25) is 0 Å². The molecule has 1 aromatic rings. The van der Waals surface area contributed by atoms with Crippen LogP contribution >= 0.6 is 0 Å². The fourth-order valence-electron chi connectivity index (χ4n) is 3.76. The zero-order valence-corrected chi connectivity index (χ0v) is 18.8. The second-order valence-corrected chi connectivity index (χ2v) is 9.19. The van der Waals surface area contributed by atoms with Crippen LogP contribution in [0, 0.1) is 11.8 Å². The number of carbonyl (C=O) groups is 3. The van der Waals surface area contributed by atoms with E-state index in [-0.39, 0.29) is 18.4 Å². The number of hydrogen-bond donors (Lipinski definition) is 1. The van der Waals surface area contributed by atoms with Crippen molar-refractivity contribution in [2.24, 2.45) is 11.8 Å². The number of benzene rings is 1. The van der Waals surface area contributed by atoms with Gasteiger partial charge in [-0.2, -0.15) is 0 Å². The van der Waals surface area contributed by atoms with Gasteiger partial charge < -0.3 is 19.5 Å². The minimum absolute atomic E-state index is 0.0687. The number of carboxylic acids is 1. The first-order valence-electron chi connectivity index (χ1n) is 11.1. The lowest BCUT2D eigenvalue weighted by Crippen LogP contribution is -2.35. The van der Waals surface area contributed by atoms with Gasteiger partial charge in [-0.25, -0.2) is 4.79 Å². The molecule has 1 saturated heterocycles. The molecular weight excluding hydrogens is 398 g/mol. The van der Waals surface area contributed by atoms with Crippen LogP contribution in [0.4, 0.5) is 4.79 Å². The molecule has 1 heterocycles. The van der Waals surface area contributed by atoms with Crippen LogP contribution in [0.25, 0.3) is 0 Å². The molecule has 172 valence electrons. The fraction of sp³-hybridized carbons (Fsp3) is 0.625. The SMILES string of the molecule is CC(C)(C)OC(=O)N1CC(CCCCCCC(=O)OCc2ccccc2)C(C(=O)O)C1. The van der Waals surface area contributed by atoms with Gasteiger partial charge in [0.25, 0.3) is 0 Å². The maximum Gasteiger partial charge on any atom is 0.410 e. The van der Waals surface area contributed by atoms with Crippen molar-refractivity contribution in [2.75, 3.05) is 13.1 Å². The highest BCUT2D eigenvalue weighted by atomic mass is 16.6. The van der Waals surface area contributed by atoms with E-state index in [4.69, 9.17) is 9.47 Å². The zero-order valence-electron chi connectivity index (χ0n) is 18.8. The maximum atomic E-state index is 12.3. The Labute approximate surface area is 184 Å². The summed E-state index contributed by atoms with van der Waals surface area (Å²) >= 11 is 0.